The van der Waals surface area contributed by atoms with Gasteiger partial charge in [-0.05, 0) is 83.8 Å². The van der Waals surface area contributed by atoms with Crippen LogP contribution in [0.25, 0.3) is 16.7 Å². The molecule has 0 heterocycles. The smallest absolute Gasteiger partial charge is 0.406 e. The first kappa shape index (κ1) is 25.8. The van der Waals surface area contributed by atoms with Gasteiger partial charge >= 0.3 is 6.36 Å². The second-order valence-corrected chi connectivity index (χ2v) is 8.76. The highest BCUT2D eigenvalue weighted by Crippen LogP contribution is 2.38. The summed E-state index contributed by atoms with van der Waals surface area (Å²) in [7, 11) is 0. The molecule has 0 aromatic heterocycles. The standard InChI is InChI=1S/C28H23F7O/c1-2-3-4-5-16-12-22(29)25(23(30)13-16)18-8-11-21-19(14-18)15-24(31)26(27(21)32)17-6-9-20(10-7-17)36-28(33,34)35/h6-10,12-13,15H,2-5,11,14H2,1H3. The third-order valence-corrected chi connectivity index (χ3v) is 6.21. The van der Waals surface area contributed by atoms with Crippen LogP contribution in [0.1, 0.15) is 48.4 Å². The van der Waals surface area contributed by atoms with Gasteiger partial charge in [-0.15, -0.1) is 13.2 Å². The van der Waals surface area contributed by atoms with Gasteiger partial charge in [0.05, 0.1) is 5.56 Å². The average Bonchev–Trinajstić information content (AvgIpc) is 2.79. The zero-order chi connectivity index (χ0) is 26.0. The zero-order valence-corrected chi connectivity index (χ0v) is 19.4. The minimum absolute atomic E-state index is 0.0177. The Balaban J connectivity index is 1.61. The monoisotopic (exact) mass is 508 g/mol. The van der Waals surface area contributed by atoms with E-state index in [0.717, 1.165) is 49.6 Å². The van der Waals surface area contributed by atoms with Crippen molar-refractivity contribution in [3.8, 4) is 16.9 Å². The van der Waals surface area contributed by atoms with Crippen molar-refractivity contribution in [2.24, 2.45) is 0 Å². The quantitative estimate of drug-likeness (QED) is 0.229. The zero-order valence-electron chi connectivity index (χ0n) is 19.4. The number of hydrogen-bond donors (Lipinski definition) is 0. The van der Waals surface area contributed by atoms with Gasteiger partial charge in [-0.3, -0.25) is 0 Å². The summed E-state index contributed by atoms with van der Waals surface area (Å²) >= 11 is 0. The minimum Gasteiger partial charge on any atom is -0.406 e. The number of alkyl halides is 3. The third-order valence-electron chi connectivity index (χ3n) is 6.21. The molecule has 0 radical (unpaired) electrons. The molecule has 36 heavy (non-hydrogen) atoms. The molecule has 0 saturated heterocycles. The number of ether oxygens (including phenoxy) is 1. The van der Waals surface area contributed by atoms with Gasteiger partial charge in [0.1, 0.15) is 29.0 Å². The molecule has 190 valence electrons. The highest BCUT2D eigenvalue weighted by atomic mass is 19.4. The number of allylic oxidation sites excluding steroid dienone is 2. The molecule has 4 rings (SSSR count). The predicted octanol–water partition coefficient (Wildman–Crippen LogP) is 8.72. The van der Waals surface area contributed by atoms with Crippen molar-refractivity contribution in [1.29, 1.82) is 0 Å². The van der Waals surface area contributed by atoms with E-state index in [1.807, 2.05) is 6.92 Å². The van der Waals surface area contributed by atoms with E-state index in [1.54, 1.807) is 0 Å². The van der Waals surface area contributed by atoms with Crippen LogP contribution >= 0.6 is 0 Å². The van der Waals surface area contributed by atoms with Crippen molar-refractivity contribution in [2.75, 3.05) is 0 Å². The fourth-order valence-electron chi connectivity index (χ4n) is 4.52. The number of unbranched alkanes of at least 4 members (excludes halogenated alkanes) is 2. The van der Waals surface area contributed by atoms with Gasteiger partial charge in [0.15, 0.2) is 0 Å². The number of fused-ring (bicyclic) bond motifs is 1. The van der Waals surface area contributed by atoms with Crippen molar-refractivity contribution in [2.45, 2.75) is 51.8 Å². The van der Waals surface area contributed by atoms with Crippen molar-refractivity contribution in [1.82, 2.24) is 0 Å². The molecule has 0 aliphatic heterocycles. The van der Waals surface area contributed by atoms with Crippen molar-refractivity contribution >= 4 is 5.57 Å². The summed E-state index contributed by atoms with van der Waals surface area (Å²) in [5.74, 6) is -3.73. The van der Waals surface area contributed by atoms with E-state index in [1.165, 1.54) is 18.2 Å². The maximum absolute atomic E-state index is 15.3. The van der Waals surface area contributed by atoms with E-state index >= 15 is 4.39 Å². The fraction of sp³-hybridized carbons (Fsp3) is 0.286. The van der Waals surface area contributed by atoms with Gasteiger partial charge in [0, 0.05) is 5.56 Å². The van der Waals surface area contributed by atoms with Crippen LogP contribution in [0, 0.1) is 23.3 Å². The summed E-state index contributed by atoms with van der Waals surface area (Å²) in [6.45, 7) is 2.04. The lowest BCUT2D eigenvalue weighted by atomic mass is 9.85. The molecular weight excluding hydrogens is 485 g/mol. The van der Waals surface area contributed by atoms with Crippen LogP contribution < -0.4 is 4.74 Å². The van der Waals surface area contributed by atoms with Crippen molar-refractivity contribution in [3.63, 3.8) is 0 Å². The maximum Gasteiger partial charge on any atom is 0.573 e. The number of benzene rings is 3. The van der Waals surface area contributed by atoms with E-state index in [-0.39, 0.29) is 35.1 Å². The summed E-state index contributed by atoms with van der Waals surface area (Å²) in [5.41, 5.74) is 0.734. The molecule has 1 aliphatic carbocycles. The van der Waals surface area contributed by atoms with Crippen LogP contribution in [-0.4, -0.2) is 6.36 Å². The second kappa shape index (κ2) is 10.4. The Morgan fingerprint density at radius 1 is 0.833 bits per heavy atom. The summed E-state index contributed by atoms with van der Waals surface area (Å²) in [6, 6.07) is 7.92. The first-order valence-corrected chi connectivity index (χ1v) is 11.6. The Morgan fingerprint density at radius 2 is 1.47 bits per heavy atom. The highest BCUT2D eigenvalue weighted by Gasteiger charge is 2.31. The van der Waals surface area contributed by atoms with Crippen LogP contribution in [0.2, 0.25) is 0 Å². The molecule has 0 saturated carbocycles. The lowest BCUT2D eigenvalue weighted by Crippen LogP contribution is -2.17. The SMILES string of the molecule is CCCCCc1cc(F)c(C2=CCc3c(cc(F)c(-c4ccc(OC(F)(F)F)cc4)c3F)C2)c(F)c1. The van der Waals surface area contributed by atoms with Crippen LogP contribution in [-0.2, 0) is 19.3 Å². The fourth-order valence-corrected chi connectivity index (χ4v) is 4.52. The van der Waals surface area contributed by atoms with Crippen LogP contribution in [0.4, 0.5) is 30.7 Å². The number of rotatable bonds is 7. The molecule has 8 heteroatoms. The molecule has 0 spiro atoms. The van der Waals surface area contributed by atoms with Crippen LogP contribution in [0.15, 0.2) is 48.5 Å². The Kier molecular flexibility index (Phi) is 7.43. The van der Waals surface area contributed by atoms with Gasteiger partial charge < -0.3 is 4.74 Å². The number of aryl methyl sites for hydroxylation is 1. The lowest BCUT2D eigenvalue weighted by molar-refractivity contribution is -0.274. The van der Waals surface area contributed by atoms with Gasteiger partial charge in [0.25, 0.3) is 0 Å². The molecule has 1 aliphatic rings. The molecule has 3 aromatic carbocycles. The van der Waals surface area contributed by atoms with Gasteiger partial charge in [-0.2, -0.15) is 0 Å². The van der Waals surface area contributed by atoms with Crippen LogP contribution in [0.3, 0.4) is 0 Å². The average molecular weight is 508 g/mol. The van der Waals surface area contributed by atoms with Gasteiger partial charge in [0.2, 0.25) is 0 Å². The topological polar surface area (TPSA) is 9.23 Å². The summed E-state index contributed by atoms with van der Waals surface area (Å²) in [4.78, 5) is 0. The first-order chi connectivity index (χ1) is 17.1. The largest absolute Gasteiger partial charge is 0.573 e. The molecular formula is C28H23F7O. The van der Waals surface area contributed by atoms with Crippen molar-refractivity contribution < 1.29 is 35.5 Å². The molecule has 1 nitrogen and oxygen atoms in total. The van der Waals surface area contributed by atoms with E-state index < -0.39 is 40.9 Å². The Morgan fingerprint density at radius 3 is 2.08 bits per heavy atom. The summed E-state index contributed by atoms with van der Waals surface area (Å²) < 4.78 is 101. The number of hydrogen-bond acceptors (Lipinski definition) is 1. The molecule has 0 amide bonds. The minimum atomic E-state index is -4.89. The predicted molar refractivity (Wildman–Crippen MR) is 123 cm³/mol. The molecule has 0 unspecified atom stereocenters. The molecule has 0 N–H and O–H groups in total. The van der Waals surface area contributed by atoms with Gasteiger partial charge in [-0.25, -0.2) is 17.6 Å². The first-order valence-electron chi connectivity index (χ1n) is 11.6. The number of halogens is 7. The van der Waals surface area contributed by atoms with E-state index in [4.69, 9.17) is 0 Å². The molecule has 0 atom stereocenters. The highest BCUT2D eigenvalue weighted by molar-refractivity contribution is 5.74. The third kappa shape index (κ3) is 5.58. The lowest BCUT2D eigenvalue weighted by Gasteiger charge is -2.21. The van der Waals surface area contributed by atoms with E-state index in [2.05, 4.69) is 4.74 Å². The molecule has 0 fully saturated rings. The summed E-state index contributed by atoms with van der Waals surface area (Å²) in [5, 5.41) is 0. The molecule has 3 aromatic rings. The normalized spacial score (nSPS) is 13.4. The second-order valence-electron chi connectivity index (χ2n) is 8.76. The van der Waals surface area contributed by atoms with Gasteiger partial charge in [-0.1, -0.05) is 38.0 Å². The van der Waals surface area contributed by atoms with E-state index in [9.17, 15) is 26.3 Å². The molecule has 0 bridgehead atoms. The maximum atomic E-state index is 15.3. The van der Waals surface area contributed by atoms with E-state index in [0.29, 0.717) is 17.6 Å². The summed E-state index contributed by atoms with van der Waals surface area (Å²) in [6.07, 6.45) is -0.121. The Hall–Kier alpha value is -3.29. The Labute approximate surface area is 204 Å². The van der Waals surface area contributed by atoms with Crippen LogP contribution in [0.5, 0.6) is 5.75 Å². The van der Waals surface area contributed by atoms with Crippen molar-refractivity contribution in [3.05, 3.63) is 94.1 Å². The Bertz CT molecular complexity index is 1270.